The molecule has 0 aromatic heterocycles. The topological polar surface area (TPSA) is 18.5 Å². The van der Waals surface area contributed by atoms with Crippen molar-refractivity contribution < 1.29 is 0 Å². The third-order valence-electron chi connectivity index (χ3n) is 5.86. The first-order valence-corrected chi connectivity index (χ1v) is 9.13. The molecule has 5 unspecified atom stereocenters. The van der Waals surface area contributed by atoms with Crippen LogP contribution in [0, 0.1) is 17.8 Å². The molecule has 0 spiro atoms. The molecule has 3 heteroatoms. The lowest BCUT2D eigenvalue weighted by Gasteiger charge is -2.42. The van der Waals surface area contributed by atoms with Gasteiger partial charge in [0, 0.05) is 25.2 Å². The number of hydrogen-bond acceptors (Lipinski definition) is 3. The quantitative estimate of drug-likeness (QED) is 0.813. The molecule has 2 aliphatic rings. The van der Waals surface area contributed by atoms with Gasteiger partial charge in [0.2, 0.25) is 0 Å². The van der Waals surface area contributed by atoms with E-state index < -0.39 is 0 Å². The Morgan fingerprint density at radius 2 is 1.95 bits per heavy atom. The maximum absolute atomic E-state index is 3.77. The van der Waals surface area contributed by atoms with Crippen molar-refractivity contribution in [2.45, 2.75) is 58.5 Å². The Labute approximate surface area is 132 Å². The maximum atomic E-state index is 3.77. The van der Waals surface area contributed by atoms with E-state index in [1.165, 1.54) is 45.3 Å². The Bertz CT molecular complexity index is 307. The zero-order valence-corrected chi connectivity index (χ0v) is 14.9. The monoisotopic (exact) mass is 295 g/mol. The van der Waals surface area contributed by atoms with Gasteiger partial charge in [0.15, 0.2) is 0 Å². The van der Waals surface area contributed by atoms with Crippen molar-refractivity contribution in [3.8, 4) is 0 Å². The van der Waals surface area contributed by atoms with Crippen LogP contribution < -0.4 is 5.32 Å². The first-order valence-electron chi connectivity index (χ1n) is 9.13. The summed E-state index contributed by atoms with van der Waals surface area (Å²) in [6.07, 6.45) is 5.53. The van der Waals surface area contributed by atoms with E-state index in [9.17, 15) is 0 Å². The Hall–Kier alpha value is -0.120. The summed E-state index contributed by atoms with van der Waals surface area (Å²) >= 11 is 0. The summed E-state index contributed by atoms with van der Waals surface area (Å²) in [6.45, 7) is 12.0. The lowest BCUT2D eigenvalue weighted by atomic mass is 9.72. The van der Waals surface area contributed by atoms with Crippen LogP contribution in [0.4, 0.5) is 0 Å². The third-order valence-corrected chi connectivity index (χ3v) is 5.86. The highest BCUT2D eigenvalue weighted by Crippen LogP contribution is 2.34. The second-order valence-electron chi connectivity index (χ2n) is 7.88. The molecule has 21 heavy (non-hydrogen) atoms. The van der Waals surface area contributed by atoms with Gasteiger partial charge in [-0.3, -0.25) is 0 Å². The van der Waals surface area contributed by atoms with Crippen molar-refractivity contribution in [2.24, 2.45) is 17.8 Å². The fourth-order valence-corrected chi connectivity index (χ4v) is 4.72. The lowest BCUT2D eigenvalue weighted by molar-refractivity contribution is 0.102. The molecule has 1 aliphatic heterocycles. The van der Waals surface area contributed by atoms with Gasteiger partial charge < -0.3 is 15.1 Å². The van der Waals surface area contributed by atoms with Crippen LogP contribution in [0.5, 0.6) is 0 Å². The second-order valence-corrected chi connectivity index (χ2v) is 7.88. The smallest absolute Gasteiger partial charge is 0.0220 e. The molecule has 1 saturated carbocycles. The van der Waals surface area contributed by atoms with E-state index in [1.807, 2.05) is 0 Å². The molecule has 3 nitrogen and oxygen atoms in total. The molecule has 0 aromatic carbocycles. The van der Waals surface area contributed by atoms with E-state index in [0.717, 1.165) is 36.4 Å². The van der Waals surface area contributed by atoms with Gasteiger partial charge in [0.25, 0.3) is 0 Å². The van der Waals surface area contributed by atoms with Crippen LogP contribution in [-0.4, -0.2) is 62.2 Å². The van der Waals surface area contributed by atoms with Crippen molar-refractivity contribution in [1.82, 2.24) is 15.1 Å². The third kappa shape index (κ3) is 4.67. The summed E-state index contributed by atoms with van der Waals surface area (Å²) in [5, 5.41) is 3.77. The standard InChI is InChI=1S/C18H37N3/c1-6-19-18-11-14(2)10-15(3)17(18)13-20(4)12-16-8-7-9-21(16)5/h14-19H,6-13H2,1-5H3. The van der Waals surface area contributed by atoms with E-state index in [0.29, 0.717) is 0 Å². The van der Waals surface area contributed by atoms with Gasteiger partial charge in [-0.25, -0.2) is 0 Å². The van der Waals surface area contributed by atoms with Gasteiger partial charge in [0.1, 0.15) is 0 Å². The van der Waals surface area contributed by atoms with Gasteiger partial charge in [-0.1, -0.05) is 20.8 Å². The van der Waals surface area contributed by atoms with Crippen LogP contribution in [-0.2, 0) is 0 Å². The van der Waals surface area contributed by atoms with Crippen molar-refractivity contribution in [3.05, 3.63) is 0 Å². The largest absolute Gasteiger partial charge is 0.314 e. The van der Waals surface area contributed by atoms with E-state index in [1.54, 1.807) is 0 Å². The highest BCUT2D eigenvalue weighted by Gasteiger charge is 2.34. The zero-order valence-electron chi connectivity index (χ0n) is 14.9. The predicted octanol–water partition coefficient (Wildman–Crippen LogP) is 2.67. The first kappa shape index (κ1) is 17.2. The van der Waals surface area contributed by atoms with Crippen LogP contribution in [0.3, 0.4) is 0 Å². The molecular formula is C18H37N3. The van der Waals surface area contributed by atoms with Crippen molar-refractivity contribution in [1.29, 1.82) is 0 Å². The first-order chi connectivity index (χ1) is 10.0. The van der Waals surface area contributed by atoms with E-state index in [4.69, 9.17) is 0 Å². The Morgan fingerprint density at radius 1 is 1.19 bits per heavy atom. The number of likely N-dealkylation sites (N-methyl/N-ethyl adjacent to an activating group) is 2. The number of hydrogen-bond donors (Lipinski definition) is 1. The second kappa shape index (κ2) is 7.94. The minimum absolute atomic E-state index is 0.720. The molecule has 5 atom stereocenters. The highest BCUT2D eigenvalue weighted by atomic mass is 15.2. The molecule has 0 radical (unpaired) electrons. The molecule has 1 N–H and O–H groups in total. The normalized spacial score (nSPS) is 38.3. The van der Waals surface area contributed by atoms with Gasteiger partial charge in [0.05, 0.1) is 0 Å². The Morgan fingerprint density at radius 3 is 2.57 bits per heavy atom. The molecule has 1 heterocycles. The van der Waals surface area contributed by atoms with E-state index >= 15 is 0 Å². The SMILES string of the molecule is CCNC1CC(C)CC(C)C1CN(C)CC1CCCN1C. The van der Waals surface area contributed by atoms with Gasteiger partial charge in [-0.05, 0) is 70.6 Å². The van der Waals surface area contributed by atoms with Crippen molar-refractivity contribution in [3.63, 3.8) is 0 Å². The lowest BCUT2D eigenvalue weighted by Crippen LogP contribution is -2.49. The highest BCUT2D eigenvalue weighted by molar-refractivity contribution is 4.89. The van der Waals surface area contributed by atoms with Gasteiger partial charge in [-0.15, -0.1) is 0 Å². The molecule has 0 aromatic rings. The summed E-state index contributed by atoms with van der Waals surface area (Å²) in [4.78, 5) is 5.15. The average molecular weight is 296 g/mol. The average Bonchev–Trinajstić information content (AvgIpc) is 2.79. The van der Waals surface area contributed by atoms with Crippen LogP contribution in [0.25, 0.3) is 0 Å². The van der Waals surface area contributed by atoms with Gasteiger partial charge in [-0.2, -0.15) is 0 Å². The predicted molar refractivity (Wildman–Crippen MR) is 91.7 cm³/mol. The Balaban J connectivity index is 1.88. The summed E-state index contributed by atoms with van der Waals surface area (Å²) in [7, 11) is 4.62. The zero-order chi connectivity index (χ0) is 15.4. The van der Waals surface area contributed by atoms with Crippen LogP contribution in [0.15, 0.2) is 0 Å². The van der Waals surface area contributed by atoms with Crippen molar-refractivity contribution in [2.75, 3.05) is 40.3 Å². The minimum Gasteiger partial charge on any atom is -0.314 e. The summed E-state index contributed by atoms with van der Waals surface area (Å²) < 4.78 is 0. The summed E-state index contributed by atoms with van der Waals surface area (Å²) in [5.41, 5.74) is 0. The summed E-state index contributed by atoms with van der Waals surface area (Å²) in [5.74, 6) is 2.55. The number of nitrogens with one attached hydrogen (secondary N) is 1. The Kier molecular flexibility index (Phi) is 6.51. The molecule has 0 bridgehead atoms. The molecule has 0 amide bonds. The molecule has 124 valence electrons. The molecule has 1 saturated heterocycles. The van der Waals surface area contributed by atoms with Crippen molar-refractivity contribution >= 4 is 0 Å². The van der Waals surface area contributed by atoms with Crippen LogP contribution in [0.2, 0.25) is 0 Å². The van der Waals surface area contributed by atoms with Crippen LogP contribution >= 0.6 is 0 Å². The molecule has 2 rings (SSSR count). The minimum atomic E-state index is 0.720. The number of nitrogens with zero attached hydrogens (tertiary/aromatic N) is 2. The van der Waals surface area contributed by atoms with Crippen LogP contribution in [0.1, 0.15) is 46.5 Å². The molecular weight excluding hydrogens is 258 g/mol. The van der Waals surface area contributed by atoms with E-state index in [2.05, 4.69) is 50.0 Å². The maximum Gasteiger partial charge on any atom is 0.0220 e. The fourth-order valence-electron chi connectivity index (χ4n) is 4.72. The fraction of sp³-hybridized carbons (Fsp3) is 1.00. The number of rotatable bonds is 6. The summed E-state index contributed by atoms with van der Waals surface area (Å²) in [6, 6.07) is 1.50. The molecule has 1 aliphatic carbocycles. The van der Waals surface area contributed by atoms with E-state index in [-0.39, 0.29) is 0 Å². The molecule has 2 fully saturated rings. The number of likely N-dealkylation sites (tertiary alicyclic amines) is 1. The van der Waals surface area contributed by atoms with Gasteiger partial charge >= 0.3 is 0 Å².